The highest BCUT2D eigenvalue weighted by Crippen LogP contribution is 2.30. The molecule has 3 aromatic rings. The summed E-state index contributed by atoms with van der Waals surface area (Å²) in [6, 6.07) is 13.6. The van der Waals surface area contributed by atoms with Crippen molar-refractivity contribution in [3.8, 4) is 11.8 Å². The molecule has 0 fully saturated rings. The van der Waals surface area contributed by atoms with Crippen molar-refractivity contribution in [2.75, 3.05) is 14.1 Å². The highest BCUT2D eigenvalue weighted by Gasteiger charge is 2.31. The lowest BCUT2D eigenvalue weighted by atomic mass is 10.1. The van der Waals surface area contributed by atoms with Crippen molar-refractivity contribution in [2.24, 2.45) is 0 Å². The summed E-state index contributed by atoms with van der Waals surface area (Å²) in [7, 11) is 2.96. The van der Waals surface area contributed by atoms with Gasteiger partial charge in [0.2, 0.25) is 0 Å². The van der Waals surface area contributed by atoms with Crippen molar-refractivity contribution < 1.29 is 22.8 Å². The SMILES string of the molecule is Cc1c(C(=O)N(C)C)cc(C(=O)NCc2ccc(C#N)cc2)c(=O)n1-c1cccc(C(F)(F)F)c1. The number of amides is 2. The molecule has 1 heterocycles. The second-order valence-electron chi connectivity index (χ2n) is 7.94. The fraction of sp³-hybridized carbons (Fsp3) is 0.200. The van der Waals surface area contributed by atoms with Gasteiger partial charge in [-0.3, -0.25) is 19.0 Å². The molecule has 2 aromatic carbocycles. The zero-order valence-corrected chi connectivity index (χ0v) is 19.1. The Morgan fingerprint density at radius 1 is 1.06 bits per heavy atom. The van der Waals surface area contributed by atoms with Crippen LogP contribution in [0.5, 0.6) is 0 Å². The summed E-state index contributed by atoms with van der Waals surface area (Å²) >= 11 is 0. The molecule has 0 aliphatic rings. The lowest BCUT2D eigenvalue weighted by Gasteiger charge is -2.19. The summed E-state index contributed by atoms with van der Waals surface area (Å²) in [5, 5.41) is 11.5. The van der Waals surface area contributed by atoms with E-state index in [1.807, 2.05) is 6.07 Å². The van der Waals surface area contributed by atoms with Crippen molar-refractivity contribution in [3.63, 3.8) is 0 Å². The maximum atomic E-state index is 13.3. The van der Waals surface area contributed by atoms with Crippen LogP contribution in [0.3, 0.4) is 0 Å². The van der Waals surface area contributed by atoms with E-state index in [0.29, 0.717) is 11.1 Å². The number of alkyl halides is 3. The minimum absolute atomic E-state index is 0.00413. The molecular weight excluding hydrogens is 461 g/mol. The van der Waals surface area contributed by atoms with Gasteiger partial charge in [-0.05, 0) is 48.9 Å². The van der Waals surface area contributed by atoms with Gasteiger partial charge in [-0.15, -0.1) is 0 Å². The van der Waals surface area contributed by atoms with Crippen molar-refractivity contribution >= 4 is 11.8 Å². The molecule has 0 unspecified atom stereocenters. The predicted octanol–water partition coefficient (Wildman–Crippen LogP) is 3.67. The highest BCUT2D eigenvalue weighted by atomic mass is 19.4. The van der Waals surface area contributed by atoms with Gasteiger partial charge in [-0.2, -0.15) is 18.4 Å². The second kappa shape index (κ2) is 9.85. The molecule has 7 nitrogen and oxygen atoms in total. The zero-order valence-electron chi connectivity index (χ0n) is 19.1. The normalized spacial score (nSPS) is 11.0. The Kier molecular flexibility index (Phi) is 7.10. The Morgan fingerprint density at radius 2 is 1.71 bits per heavy atom. The fourth-order valence-electron chi connectivity index (χ4n) is 3.43. The molecule has 1 N–H and O–H groups in total. The minimum Gasteiger partial charge on any atom is -0.348 e. The molecule has 0 aliphatic heterocycles. The number of hydrogen-bond donors (Lipinski definition) is 1. The van der Waals surface area contributed by atoms with Crippen LogP contribution in [0.4, 0.5) is 13.2 Å². The topological polar surface area (TPSA) is 95.2 Å². The third-order valence-corrected chi connectivity index (χ3v) is 5.30. The smallest absolute Gasteiger partial charge is 0.348 e. The first-order valence-corrected chi connectivity index (χ1v) is 10.4. The van der Waals surface area contributed by atoms with Crippen LogP contribution < -0.4 is 10.9 Å². The minimum atomic E-state index is -4.65. The van der Waals surface area contributed by atoms with Gasteiger partial charge in [-0.1, -0.05) is 18.2 Å². The van der Waals surface area contributed by atoms with Gasteiger partial charge in [-0.25, -0.2) is 0 Å². The molecule has 180 valence electrons. The van der Waals surface area contributed by atoms with Crippen LogP contribution in [0, 0.1) is 18.3 Å². The van der Waals surface area contributed by atoms with Crippen molar-refractivity contribution in [1.29, 1.82) is 5.26 Å². The van der Waals surface area contributed by atoms with E-state index in [2.05, 4.69) is 5.32 Å². The van der Waals surface area contributed by atoms with Crippen LogP contribution in [0.15, 0.2) is 59.4 Å². The molecule has 0 saturated heterocycles. The Bertz CT molecular complexity index is 1390. The molecule has 35 heavy (non-hydrogen) atoms. The first-order chi connectivity index (χ1) is 16.4. The molecule has 10 heteroatoms. The van der Waals surface area contributed by atoms with Crippen LogP contribution >= 0.6 is 0 Å². The van der Waals surface area contributed by atoms with Crippen LogP contribution in [-0.4, -0.2) is 35.4 Å². The van der Waals surface area contributed by atoms with E-state index >= 15 is 0 Å². The summed E-state index contributed by atoms with van der Waals surface area (Å²) in [6.45, 7) is 1.45. The lowest BCUT2D eigenvalue weighted by molar-refractivity contribution is -0.137. The van der Waals surface area contributed by atoms with Gasteiger partial charge in [0.25, 0.3) is 17.4 Å². The van der Waals surface area contributed by atoms with E-state index in [1.165, 1.54) is 32.0 Å². The van der Waals surface area contributed by atoms with Gasteiger partial charge in [0.15, 0.2) is 0 Å². The maximum absolute atomic E-state index is 13.3. The number of nitrogens with one attached hydrogen (secondary N) is 1. The number of halogens is 3. The third kappa shape index (κ3) is 5.41. The molecule has 0 spiro atoms. The van der Waals surface area contributed by atoms with Gasteiger partial charge < -0.3 is 10.2 Å². The number of hydrogen-bond acceptors (Lipinski definition) is 4. The number of nitriles is 1. The number of benzene rings is 2. The monoisotopic (exact) mass is 482 g/mol. The summed E-state index contributed by atoms with van der Waals surface area (Å²) < 4.78 is 40.8. The van der Waals surface area contributed by atoms with Gasteiger partial charge in [0.05, 0.1) is 22.8 Å². The number of pyridine rings is 1. The first kappa shape index (κ1) is 25.2. The molecule has 3 rings (SSSR count). The number of rotatable bonds is 5. The quantitative estimate of drug-likeness (QED) is 0.600. The average Bonchev–Trinajstić information content (AvgIpc) is 2.82. The molecule has 0 radical (unpaired) electrons. The Balaban J connectivity index is 2.10. The highest BCUT2D eigenvalue weighted by molar-refractivity contribution is 6.00. The van der Waals surface area contributed by atoms with E-state index in [9.17, 15) is 27.6 Å². The summed E-state index contributed by atoms with van der Waals surface area (Å²) in [6.07, 6.45) is -4.65. The Labute approximate surface area is 199 Å². The predicted molar refractivity (Wildman–Crippen MR) is 122 cm³/mol. The summed E-state index contributed by atoms with van der Waals surface area (Å²) in [4.78, 5) is 40.2. The van der Waals surface area contributed by atoms with Gasteiger partial charge >= 0.3 is 6.18 Å². The second-order valence-corrected chi connectivity index (χ2v) is 7.94. The first-order valence-electron chi connectivity index (χ1n) is 10.4. The average molecular weight is 482 g/mol. The third-order valence-electron chi connectivity index (χ3n) is 5.30. The number of carbonyl (C=O) groups is 2. The maximum Gasteiger partial charge on any atom is 0.416 e. The number of carbonyl (C=O) groups excluding carboxylic acids is 2. The van der Waals surface area contributed by atoms with E-state index in [4.69, 9.17) is 5.26 Å². The standard InChI is InChI=1S/C25H21F3N4O3/c1-15-20(23(34)31(2)3)12-21(22(33)30-14-17-9-7-16(13-29)8-10-17)24(35)32(15)19-6-4-5-18(11-19)25(26,27)28/h4-12H,14H2,1-3H3,(H,30,33). The van der Waals surface area contributed by atoms with E-state index < -0.39 is 34.7 Å². The van der Waals surface area contributed by atoms with E-state index in [-0.39, 0.29) is 23.5 Å². The number of nitrogens with zero attached hydrogens (tertiary/aromatic N) is 3. The lowest BCUT2D eigenvalue weighted by Crippen LogP contribution is -2.35. The van der Waals surface area contributed by atoms with Crippen LogP contribution in [0.1, 0.15) is 43.1 Å². The van der Waals surface area contributed by atoms with E-state index in [1.54, 1.807) is 24.3 Å². The summed E-state index contributed by atoms with van der Waals surface area (Å²) in [5.74, 6) is -1.32. The zero-order chi connectivity index (χ0) is 25.9. The molecule has 0 bridgehead atoms. The van der Waals surface area contributed by atoms with Crippen LogP contribution in [-0.2, 0) is 12.7 Å². The Morgan fingerprint density at radius 3 is 2.29 bits per heavy atom. The van der Waals surface area contributed by atoms with Gasteiger partial charge in [0, 0.05) is 32.0 Å². The largest absolute Gasteiger partial charge is 0.416 e. The molecule has 0 aliphatic carbocycles. The molecule has 1 aromatic heterocycles. The fourth-order valence-corrected chi connectivity index (χ4v) is 3.43. The van der Waals surface area contributed by atoms with E-state index in [0.717, 1.165) is 28.8 Å². The van der Waals surface area contributed by atoms with Crippen molar-refractivity contribution in [1.82, 2.24) is 14.8 Å². The van der Waals surface area contributed by atoms with Crippen molar-refractivity contribution in [2.45, 2.75) is 19.6 Å². The Hall–Kier alpha value is -4.39. The van der Waals surface area contributed by atoms with Crippen LogP contribution in [0.2, 0.25) is 0 Å². The van der Waals surface area contributed by atoms with Crippen molar-refractivity contribution in [3.05, 3.63) is 98.5 Å². The summed E-state index contributed by atoms with van der Waals surface area (Å²) in [5.41, 5.74) is -1.18. The molecule has 0 atom stereocenters. The van der Waals surface area contributed by atoms with Gasteiger partial charge in [0.1, 0.15) is 5.56 Å². The molecular formula is C25H21F3N4O3. The molecule has 0 saturated carbocycles. The molecule has 2 amide bonds. The number of aromatic nitrogens is 1. The van der Waals surface area contributed by atoms with Crippen LogP contribution in [0.25, 0.3) is 5.69 Å².